The van der Waals surface area contributed by atoms with Gasteiger partial charge in [0.05, 0.1) is 0 Å². The first-order valence-electron chi connectivity index (χ1n) is 9.13. The lowest BCUT2D eigenvalue weighted by molar-refractivity contribution is -0.141. The van der Waals surface area contributed by atoms with Gasteiger partial charge in [-0.3, -0.25) is 0 Å². The van der Waals surface area contributed by atoms with E-state index in [0.29, 0.717) is 12.4 Å². The number of halogens is 3. The van der Waals surface area contributed by atoms with Gasteiger partial charge in [0.2, 0.25) is 5.95 Å². The maximum absolute atomic E-state index is 13.3. The Kier molecular flexibility index (Phi) is 5.84. The third-order valence-electron chi connectivity index (χ3n) is 5.02. The maximum Gasteiger partial charge on any atom is 0.433 e. The third-order valence-corrected chi connectivity index (χ3v) is 5.24. The highest BCUT2D eigenvalue weighted by atomic mass is 32.1. The zero-order valence-electron chi connectivity index (χ0n) is 14.8. The van der Waals surface area contributed by atoms with Crippen molar-refractivity contribution in [2.45, 2.75) is 70.1 Å². The summed E-state index contributed by atoms with van der Waals surface area (Å²) < 4.78 is 39.9. The summed E-state index contributed by atoms with van der Waals surface area (Å²) in [4.78, 5) is 9.87. The Labute approximate surface area is 156 Å². The van der Waals surface area contributed by atoms with Crippen LogP contribution in [0, 0.1) is 0 Å². The highest BCUT2D eigenvalue weighted by Gasteiger charge is 2.35. The van der Waals surface area contributed by atoms with Crippen molar-refractivity contribution >= 4 is 29.1 Å². The topological polar surface area (TPSA) is 53.1 Å². The molecule has 1 aliphatic heterocycles. The number of anilines is 2. The monoisotopic (exact) mass is 387 g/mol. The molecule has 0 bridgehead atoms. The molecule has 0 radical (unpaired) electrons. The molecule has 0 spiro atoms. The lowest BCUT2D eigenvalue weighted by Crippen LogP contribution is -2.39. The summed E-state index contributed by atoms with van der Waals surface area (Å²) in [5.41, 5.74) is -0.952. The van der Waals surface area contributed by atoms with E-state index in [9.17, 15) is 13.2 Å². The second kappa shape index (κ2) is 7.94. The van der Waals surface area contributed by atoms with Crippen LogP contribution in [0.5, 0.6) is 0 Å². The molecule has 5 nitrogen and oxygen atoms in total. The molecule has 9 heteroatoms. The first-order chi connectivity index (χ1) is 12.3. The fourth-order valence-corrected chi connectivity index (χ4v) is 3.87. The lowest BCUT2D eigenvalue weighted by atomic mass is 10.0. The Balaban J connectivity index is 1.81. The number of hydrogen-bond acceptors (Lipinski definition) is 4. The first-order valence-corrected chi connectivity index (χ1v) is 9.54. The quantitative estimate of drug-likeness (QED) is 0.762. The molecule has 144 valence electrons. The second-order valence-electron chi connectivity index (χ2n) is 7.05. The predicted octanol–water partition coefficient (Wildman–Crippen LogP) is 4.10. The summed E-state index contributed by atoms with van der Waals surface area (Å²) in [5, 5.41) is 6.16. The summed E-state index contributed by atoms with van der Waals surface area (Å²) in [6, 6.07) is 1.44. The molecule has 26 heavy (non-hydrogen) atoms. The van der Waals surface area contributed by atoms with E-state index in [1.54, 1.807) is 0 Å². The standard InChI is InChI=1S/C17H24F3N5S/c1-11-6-4-5-9-25(11)14-10-13(17(18,19)20)22-15(23-14)24-16(26)21-12-7-2-3-8-12/h10-12H,2-9H2,1H3,(H2,21,22,23,24,26)/t11-/m0/s1. The van der Waals surface area contributed by atoms with Gasteiger partial charge in [0.1, 0.15) is 5.82 Å². The summed E-state index contributed by atoms with van der Waals surface area (Å²) in [6.07, 6.45) is 2.73. The van der Waals surface area contributed by atoms with E-state index in [-0.39, 0.29) is 23.1 Å². The number of alkyl halides is 3. The molecule has 1 aliphatic carbocycles. The number of nitrogens with zero attached hydrogens (tertiary/aromatic N) is 3. The van der Waals surface area contributed by atoms with Gasteiger partial charge in [-0.25, -0.2) is 4.98 Å². The van der Waals surface area contributed by atoms with Crippen LogP contribution in [0.25, 0.3) is 0 Å². The number of piperidine rings is 1. The molecule has 2 N–H and O–H groups in total. The van der Waals surface area contributed by atoms with Crippen LogP contribution >= 0.6 is 12.2 Å². The predicted molar refractivity (Wildman–Crippen MR) is 99.3 cm³/mol. The minimum Gasteiger partial charge on any atom is -0.360 e. The van der Waals surface area contributed by atoms with E-state index >= 15 is 0 Å². The van der Waals surface area contributed by atoms with Crippen LogP contribution in [-0.2, 0) is 6.18 Å². The van der Waals surface area contributed by atoms with E-state index < -0.39 is 11.9 Å². The van der Waals surface area contributed by atoms with Gasteiger partial charge in [0, 0.05) is 24.7 Å². The van der Waals surface area contributed by atoms with Gasteiger partial charge >= 0.3 is 6.18 Å². The zero-order valence-corrected chi connectivity index (χ0v) is 15.6. The van der Waals surface area contributed by atoms with E-state index in [1.165, 1.54) is 0 Å². The molecule has 1 saturated heterocycles. The van der Waals surface area contributed by atoms with Gasteiger partial charge < -0.3 is 15.5 Å². The van der Waals surface area contributed by atoms with Gasteiger partial charge in [0.25, 0.3) is 0 Å². The molecule has 2 fully saturated rings. The number of rotatable bonds is 3. The number of thiocarbonyl (C=S) groups is 1. The molecule has 2 heterocycles. The van der Waals surface area contributed by atoms with Crippen molar-refractivity contribution in [3.05, 3.63) is 11.8 Å². The van der Waals surface area contributed by atoms with Crippen LogP contribution in [0.2, 0.25) is 0 Å². The zero-order chi connectivity index (χ0) is 18.7. The van der Waals surface area contributed by atoms with E-state index in [0.717, 1.165) is 51.0 Å². The van der Waals surface area contributed by atoms with Crippen LogP contribution in [-0.4, -0.2) is 33.7 Å². The third kappa shape index (κ3) is 4.75. The number of aromatic nitrogens is 2. The molecule has 1 atom stereocenters. The average molecular weight is 387 g/mol. The number of hydrogen-bond donors (Lipinski definition) is 2. The Morgan fingerprint density at radius 3 is 2.50 bits per heavy atom. The highest BCUT2D eigenvalue weighted by Crippen LogP contribution is 2.32. The van der Waals surface area contributed by atoms with Crippen LogP contribution in [0.3, 0.4) is 0 Å². The summed E-state index contributed by atoms with van der Waals surface area (Å²) in [6.45, 7) is 2.70. The lowest BCUT2D eigenvalue weighted by Gasteiger charge is -2.34. The minimum absolute atomic E-state index is 0.108. The molecule has 1 aromatic rings. The molecule has 0 amide bonds. The average Bonchev–Trinajstić information content (AvgIpc) is 3.07. The maximum atomic E-state index is 13.3. The molecular formula is C17H24F3N5S. The largest absolute Gasteiger partial charge is 0.433 e. The molecule has 3 rings (SSSR count). The van der Waals surface area contributed by atoms with Crippen molar-refractivity contribution in [1.82, 2.24) is 15.3 Å². The molecule has 0 aromatic carbocycles. The Bertz CT molecular complexity index is 646. The van der Waals surface area contributed by atoms with Crippen LogP contribution in [0.4, 0.5) is 24.9 Å². The minimum atomic E-state index is -4.53. The summed E-state index contributed by atoms with van der Waals surface area (Å²) in [5.74, 6) is 0.189. The Morgan fingerprint density at radius 2 is 1.85 bits per heavy atom. The van der Waals surface area contributed by atoms with Gasteiger partial charge in [-0.1, -0.05) is 12.8 Å². The van der Waals surface area contributed by atoms with Crippen LogP contribution in [0.15, 0.2) is 6.07 Å². The summed E-state index contributed by atoms with van der Waals surface area (Å²) >= 11 is 5.24. The summed E-state index contributed by atoms with van der Waals surface area (Å²) in [7, 11) is 0. The number of nitrogens with one attached hydrogen (secondary N) is 2. The van der Waals surface area contributed by atoms with Crippen molar-refractivity contribution in [2.24, 2.45) is 0 Å². The van der Waals surface area contributed by atoms with E-state index in [4.69, 9.17) is 12.2 Å². The molecular weight excluding hydrogens is 363 g/mol. The molecule has 2 aliphatic rings. The fourth-order valence-electron chi connectivity index (χ4n) is 3.61. The van der Waals surface area contributed by atoms with Crippen molar-refractivity contribution in [2.75, 3.05) is 16.8 Å². The fraction of sp³-hybridized carbons (Fsp3) is 0.706. The van der Waals surface area contributed by atoms with Gasteiger partial charge in [-0.15, -0.1) is 0 Å². The van der Waals surface area contributed by atoms with Crippen molar-refractivity contribution in [3.8, 4) is 0 Å². The van der Waals surface area contributed by atoms with Crippen molar-refractivity contribution in [1.29, 1.82) is 0 Å². The van der Waals surface area contributed by atoms with Gasteiger partial charge in [-0.2, -0.15) is 18.2 Å². The van der Waals surface area contributed by atoms with Crippen molar-refractivity contribution < 1.29 is 13.2 Å². The van der Waals surface area contributed by atoms with E-state index in [2.05, 4.69) is 20.6 Å². The van der Waals surface area contributed by atoms with Crippen LogP contribution in [0.1, 0.15) is 57.6 Å². The molecule has 1 aromatic heterocycles. The first kappa shape index (κ1) is 19.1. The second-order valence-corrected chi connectivity index (χ2v) is 7.46. The normalized spacial score (nSPS) is 21.7. The SMILES string of the molecule is C[C@H]1CCCCN1c1cc(C(F)(F)F)nc(NC(=S)NC2CCCC2)n1. The van der Waals surface area contributed by atoms with Gasteiger partial charge in [0.15, 0.2) is 10.8 Å². The van der Waals surface area contributed by atoms with E-state index in [1.807, 2.05) is 11.8 Å². The molecule has 0 unspecified atom stereocenters. The van der Waals surface area contributed by atoms with Gasteiger partial charge in [-0.05, 0) is 51.2 Å². The Hall–Kier alpha value is -1.64. The highest BCUT2D eigenvalue weighted by molar-refractivity contribution is 7.80. The van der Waals surface area contributed by atoms with Crippen LogP contribution < -0.4 is 15.5 Å². The smallest absolute Gasteiger partial charge is 0.360 e. The molecule has 1 saturated carbocycles. The Morgan fingerprint density at radius 1 is 1.15 bits per heavy atom. The van der Waals surface area contributed by atoms with Crippen molar-refractivity contribution in [3.63, 3.8) is 0 Å².